The third kappa shape index (κ3) is 1.87. The summed E-state index contributed by atoms with van der Waals surface area (Å²) in [5.74, 6) is -0.441. The second-order valence-electron chi connectivity index (χ2n) is 3.46. The van der Waals surface area contributed by atoms with Crippen LogP contribution in [0.15, 0.2) is 36.5 Å². The van der Waals surface area contributed by atoms with Gasteiger partial charge in [0.2, 0.25) is 0 Å². The summed E-state index contributed by atoms with van der Waals surface area (Å²) in [6.07, 6.45) is 1.72. The van der Waals surface area contributed by atoms with Crippen LogP contribution in [-0.4, -0.2) is 18.1 Å². The minimum absolute atomic E-state index is 0.441. The van der Waals surface area contributed by atoms with Crippen LogP contribution in [-0.2, 0) is 9.53 Å². The molecule has 4 heteroatoms. The van der Waals surface area contributed by atoms with Crippen molar-refractivity contribution in [2.45, 2.75) is 6.04 Å². The number of pyridine rings is 1. The predicted molar refractivity (Wildman–Crippen MR) is 60.7 cm³/mol. The Balaban J connectivity index is 2.43. The maximum atomic E-state index is 11.3. The van der Waals surface area contributed by atoms with Gasteiger partial charge >= 0.3 is 5.97 Å². The number of esters is 1. The van der Waals surface area contributed by atoms with Gasteiger partial charge < -0.3 is 10.5 Å². The van der Waals surface area contributed by atoms with Gasteiger partial charge in [-0.1, -0.05) is 12.1 Å². The molecule has 0 bridgehead atoms. The minimum Gasteiger partial charge on any atom is -0.468 e. The molecule has 1 aromatic heterocycles. The van der Waals surface area contributed by atoms with E-state index in [-0.39, 0.29) is 0 Å². The molecule has 2 aromatic rings. The van der Waals surface area contributed by atoms with Crippen LogP contribution in [0.3, 0.4) is 0 Å². The Kier molecular flexibility index (Phi) is 2.83. The van der Waals surface area contributed by atoms with Gasteiger partial charge in [0.25, 0.3) is 0 Å². The lowest BCUT2D eigenvalue weighted by Gasteiger charge is -2.09. The molecule has 0 spiro atoms. The Morgan fingerprint density at radius 1 is 1.44 bits per heavy atom. The number of ether oxygens (including phenoxy) is 1. The number of aromatic nitrogens is 1. The van der Waals surface area contributed by atoms with Gasteiger partial charge in [-0.15, -0.1) is 0 Å². The highest BCUT2D eigenvalue weighted by atomic mass is 16.5. The SMILES string of the molecule is COC(=O)C(N)c1ccc2ncccc2c1. The van der Waals surface area contributed by atoms with Crippen LogP contribution in [0.1, 0.15) is 11.6 Å². The van der Waals surface area contributed by atoms with Crippen LogP contribution < -0.4 is 5.73 Å². The van der Waals surface area contributed by atoms with E-state index in [9.17, 15) is 4.79 Å². The van der Waals surface area contributed by atoms with Gasteiger partial charge in [0, 0.05) is 11.6 Å². The number of methoxy groups -OCH3 is 1. The van der Waals surface area contributed by atoms with Gasteiger partial charge in [0.1, 0.15) is 6.04 Å². The lowest BCUT2D eigenvalue weighted by Crippen LogP contribution is -2.22. The molecule has 82 valence electrons. The Morgan fingerprint density at radius 2 is 2.25 bits per heavy atom. The molecule has 16 heavy (non-hydrogen) atoms. The molecule has 0 saturated heterocycles. The van der Waals surface area contributed by atoms with Crippen LogP contribution in [0.25, 0.3) is 10.9 Å². The number of benzene rings is 1. The van der Waals surface area contributed by atoms with E-state index in [2.05, 4.69) is 9.72 Å². The van der Waals surface area contributed by atoms with Crippen LogP contribution in [0.2, 0.25) is 0 Å². The van der Waals surface area contributed by atoms with Crippen molar-refractivity contribution in [3.8, 4) is 0 Å². The molecule has 1 heterocycles. The van der Waals surface area contributed by atoms with Gasteiger partial charge in [-0.25, -0.2) is 0 Å². The summed E-state index contributed by atoms with van der Waals surface area (Å²) in [6.45, 7) is 0. The van der Waals surface area contributed by atoms with Crippen LogP contribution >= 0.6 is 0 Å². The molecule has 4 nitrogen and oxygen atoms in total. The molecule has 0 radical (unpaired) electrons. The quantitative estimate of drug-likeness (QED) is 0.771. The molecule has 1 aromatic carbocycles. The molecular weight excluding hydrogens is 204 g/mol. The van der Waals surface area contributed by atoms with Crippen molar-refractivity contribution < 1.29 is 9.53 Å². The molecule has 0 aliphatic carbocycles. The number of rotatable bonds is 2. The molecule has 1 atom stereocenters. The minimum atomic E-state index is -0.741. The lowest BCUT2D eigenvalue weighted by atomic mass is 10.1. The largest absolute Gasteiger partial charge is 0.468 e. The fourth-order valence-electron chi connectivity index (χ4n) is 1.55. The number of nitrogens with zero attached hydrogens (tertiary/aromatic N) is 1. The topological polar surface area (TPSA) is 65.2 Å². The summed E-state index contributed by atoms with van der Waals surface area (Å²) in [5.41, 5.74) is 7.35. The van der Waals surface area contributed by atoms with Crippen molar-refractivity contribution in [2.75, 3.05) is 7.11 Å². The lowest BCUT2D eigenvalue weighted by molar-refractivity contribution is -0.142. The van der Waals surface area contributed by atoms with E-state index < -0.39 is 12.0 Å². The van der Waals surface area contributed by atoms with Crippen LogP contribution in [0, 0.1) is 0 Å². The molecular formula is C12H12N2O2. The third-order valence-electron chi connectivity index (χ3n) is 2.44. The zero-order valence-electron chi connectivity index (χ0n) is 8.88. The average molecular weight is 216 g/mol. The molecule has 0 fully saturated rings. The Labute approximate surface area is 93.0 Å². The number of hydrogen-bond acceptors (Lipinski definition) is 4. The molecule has 2 N–H and O–H groups in total. The number of carbonyl (C=O) groups excluding carboxylic acids is 1. The van der Waals surface area contributed by atoms with Crippen molar-refractivity contribution in [2.24, 2.45) is 5.73 Å². The summed E-state index contributed by atoms with van der Waals surface area (Å²) in [7, 11) is 1.32. The summed E-state index contributed by atoms with van der Waals surface area (Å²) in [5, 5.41) is 0.958. The van der Waals surface area contributed by atoms with E-state index in [0.717, 1.165) is 16.5 Å². The number of hydrogen-bond donors (Lipinski definition) is 1. The first-order valence-electron chi connectivity index (χ1n) is 4.90. The van der Waals surface area contributed by atoms with E-state index in [0.29, 0.717) is 0 Å². The fraction of sp³-hybridized carbons (Fsp3) is 0.167. The van der Waals surface area contributed by atoms with Crippen molar-refractivity contribution in [3.63, 3.8) is 0 Å². The summed E-state index contributed by atoms with van der Waals surface area (Å²) in [6, 6.07) is 8.51. The average Bonchev–Trinajstić information content (AvgIpc) is 2.36. The Morgan fingerprint density at radius 3 is 3.00 bits per heavy atom. The second kappa shape index (κ2) is 4.28. The highest BCUT2D eigenvalue weighted by molar-refractivity contribution is 5.83. The van der Waals surface area contributed by atoms with E-state index >= 15 is 0 Å². The number of fused-ring (bicyclic) bond motifs is 1. The van der Waals surface area contributed by atoms with Gasteiger partial charge in [-0.05, 0) is 23.8 Å². The van der Waals surface area contributed by atoms with Crippen LogP contribution in [0.4, 0.5) is 0 Å². The van der Waals surface area contributed by atoms with Gasteiger partial charge in [-0.2, -0.15) is 0 Å². The maximum absolute atomic E-state index is 11.3. The molecule has 0 aliphatic rings. The van der Waals surface area contributed by atoms with Gasteiger partial charge in [0.05, 0.1) is 12.6 Å². The van der Waals surface area contributed by atoms with E-state index in [1.165, 1.54) is 7.11 Å². The molecule has 1 unspecified atom stereocenters. The van der Waals surface area contributed by atoms with Gasteiger partial charge in [-0.3, -0.25) is 9.78 Å². The number of nitrogens with two attached hydrogens (primary N) is 1. The van der Waals surface area contributed by atoms with Crippen molar-refractivity contribution in [1.29, 1.82) is 0 Å². The van der Waals surface area contributed by atoms with Crippen molar-refractivity contribution in [3.05, 3.63) is 42.1 Å². The highest BCUT2D eigenvalue weighted by Crippen LogP contribution is 2.18. The number of carbonyl (C=O) groups is 1. The standard InChI is InChI=1S/C12H12N2O2/c1-16-12(15)11(13)9-4-5-10-8(7-9)3-2-6-14-10/h2-7,11H,13H2,1H3. The third-order valence-corrected chi connectivity index (χ3v) is 2.44. The van der Waals surface area contributed by atoms with Crippen LogP contribution in [0.5, 0.6) is 0 Å². The molecule has 0 aliphatic heterocycles. The van der Waals surface area contributed by atoms with E-state index in [4.69, 9.17) is 5.73 Å². The van der Waals surface area contributed by atoms with E-state index in [1.54, 1.807) is 12.3 Å². The van der Waals surface area contributed by atoms with Crippen molar-refractivity contribution in [1.82, 2.24) is 4.98 Å². The van der Waals surface area contributed by atoms with Gasteiger partial charge in [0.15, 0.2) is 0 Å². The van der Waals surface area contributed by atoms with Crippen molar-refractivity contribution >= 4 is 16.9 Å². The monoisotopic (exact) mass is 216 g/mol. The van der Waals surface area contributed by atoms with E-state index in [1.807, 2.05) is 24.3 Å². The highest BCUT2D eigenvalue weighted by Gasteiger charge is 2.16. The molecule has 2 rings (SSSR count). The first-order chi connectivity index (χ1) is 7.72. The zero-order chi connectivity index (χ0) is 11.5. The molecule has 0 saturated carbocycles. The predicted octanol–water partition coefficient (Wildman–Crippen LogP) is 1.41. The first kappa shape index (κ1) is 10.6. The summed E-state index contributed by atoms with van der Waals surface area (Å²) < 4.78 is 4.60. The second-order valence-corrected chi connectivity index (χ2v) is 3.46. The maximum Gasteiger partial charge on any atom is 0.327 e. The Hall–Kier alpha value is -1.94. The fourth-order valence-corrected chi connectivity index (χ4v) is 1.55. The smallest absolute Gasteiger partial charge is 0.327 e. The molecule has 0 amide bonds. The normalized spacial score (nSPS) is 12.4. The summed E-state index contributed by atoms with van der Waals surface area (Å²) in [4.78, 5) is 15.5. The zero-order valence-corrected chi connectivity index (χ0v) is 8.88. The Bertz CT molecular complexity index is 525. The first-order valence-corrected chi connectivity index (χ1v) is 4.90. The summed E-state index contributed by atoms with van der Waals surface area (Å²) >= 11 is 0.